The van der Waals surface area contributed by atoms with Crippen molar-refractivity contribution in [2.24, 2.45) is 0 Å². The summed E-state index contributed by atoms with van der Waals surface area (Å²) >= 11 is 1.39. The Kier molecular flexibility index (Phi) is 8.40. The van der Waals surface area contributed by atoms with Crippen molar-refractivity contribution in [3.05, 3.63) is 63.9 Å². The first kappa shape index (κ1) is 25.5. The monoisotopic (exact) mass is 509 g/mol. The summed E-state index contributed by atoms with van der Waals surface area (Å²) in [5.74, 6) is 4.77. The quantitative estimate of drug-likeness (QED) is 0.221. The summed E-state index contributed by atoms with van der Waals surface area (Å²) in [6.07, 6.45) is 6.02. The first-order valence-corrected chi connectivity index (χ1v) is 12.1. The molecule has 2 N–H and O–H groups in total. The summed E-state index contributed by atoms with van der Waals surface area (Å²) in [4.78, 5) is 23.3. The number of furan rings is 1. The van der Waals surface area contributed by atoms with Crippen LogP contribution in [0.1, 0.15) is 11.6 Å². The van der Waals surface area contributed by atoms with Crippen LogP contribution < -0.4 is 15.0 Å². The molecule has 4 aromatic rings. The van der Waals surface area contributed by atoms with E-state index in [0.29, 0.717) is 40.6 Å². The molecule has 0 radical (unpaired) electrons. The second kappa shape index (κ2) is 11.9. The molecule has 9 nitrogen and oxygen atoms in total. The van der Waals surface area contributed by atoms with Crippen LogP contribution in [-0.2, 0) is 17.8 Å². The number of H-pyrrole nitrogens is 1. The number of rotatable bonds is 12. The molecule has 1 unspecified atom stereocenters. The van der Waals surface area contributed by atoms with E-state index < -0.39 is 6.10 Å². The van der Waals surface area contributed by atoms with Crippen LogP contribution in [0.2, 0.25) is 0 Å². The third-order valence-electron chi connectivity index (χ3n) is 5.49. The fourth-order valence-corrected chi connectivity index (χ4v) is 4.88. The Labute approximate surface area is 212 Å². The van der Waals surface area contributed by atoms with E-state index in [1.807, 2.05) is 28.5 Å². The summed E-state index contributed by atoms with van der Waals surface area (Å²) in [5, 5.41) is 12.8. The minimum absolute atomic E-state index is 0.0987. The van der Waals surface area contributed by atoms with Gasteiger partial charge in [0.05, 0.1) is 51.7 Å². The number of aliphatic hydroxyl groups excluding tert-OH is 1. The van der Waals surface area contributed by atoms with E-state index in [4.69, 9.17) is 30.0 Å². The number of ether oxygens (including phenoxy) is 3. The Hall–Kier alpha value is -3.62. The lowest BCUT2D eigenvalue weighted by Crippen LogP contribution is -2.35. The second-order valence-corrected chi connectivity index (χ2v) is 8.89. The predicted octanol–water partition coefficient (Wildman–Crippen LogP) is 3.27. The predicted molar refractivity (Wildman–Crippen MR) is 137 cm³/mol. The van der Waals surface area contributed by atoms with Gasteiger partial charge >= 0.3 is 0 Å². The standard InChI is InChI=1S/C26H27N3O6S/c1-4-9-34-15-18(30)12-29(13-19-6-5-10-35-19)14-23-27-25(31)24-20(16-36-26(24)28-23)17-7-8-21(32-2)22(11-17)33-3/h1,5-8,10-11,16,18,30H,9,12-15H2,2-3H3,(H,27,28,31). The van der Waals surface area contributed by atoms with Gasteiger partial charge in [-0.2, -0.15) is 0 Å². The number of hydrogen-bond donors (Lipinski definition) is 2. The molecule has 0 spiro atoms. The van der Waals surface area contributed by atoms with E-state index >= 15 is 0 Å². The van der Waals surface area contributed by atoms with E-state index in [1.54, 1.807) is 32.6 Å². The minimum Gasteiger partial charge on any atom is -0.493 e. The molecule has 3 heterocycles. The van der Waals surface area contributed by atoms with Gasteiger partial charge in [-0.1, -0.05) is 12.0 Å². The van der Waals surface area contributed by atoms with Crippen LogP contribution >= 0.6 is 11.3 Å². The highest BCUT2D eigenvalue weighted by Crippen LogP contribution is 2.36. The third-order valence-corrected chi connectivity index (χ3v) is 6.36. The molecular weight excluding hydrogens is 482 g/mol. The van der Waals surface area contributed by atoms with Crippen LogP contribution in [0, 0.1) is 12.3 Å². The number of thiophene rings is 1. The summed E-state index contributed by atoms with van der Waals surface area (Å²) in [5.41, 5.74) is 1.36. The van der Waals surface area contributed by atoms with Gasteiger partial charge < -0.3 is 28.7 Å². The molecule has 0 bridgehead atoms. The zero-order chi connectivity index (χ0) is 25.5. The van der Waals surface area contributed by atoms with Gasteiger partial charge in [-0.15, -0.1) is 17.8 Å². The molecule has 1 atom stereocenters. The molecule has 1 aromatic carbocycles. The van der Waals surface area contributed by atoms with Gasteiger partial charge in [-0.05, 0) is 29.8 Å². The summed E-state index contributed by atoms with van der Waals surface area (Å²) in [6, 6.07) is 9.17. The van der Waals surface area contributed by atoms with Crippen molar-refractivity contribution in [3.63, 3.8) is 0 Å². The van der Waals surface area contributed by atoms with Gasteiger partial charge in [-0.25, -0.2) is 4.98 Å². The smallest absolute Gasteiger partial charge is 0.260 e. The van der Waals surface area contributed by atoms with Crippen LogP contribution in [-0.4, -0.2) is 60.1 Å². The molecule has 0 amide bonds. The normalized spacial score (nSPS) is 12.1. The van der Waals surface area contributed by atoms with Crippen molar-refractivity contribution in [2.45, 2.75) is 19.2 Å². The maximum atomic E-state index is 13.2. The first-order valence-electron chi connectivity index (χ1n) is 11.2. The molecule has 4 rings (SSSR count). The number of fused-ring (bicyclic) bond motifs is 1. The molecule has 10 heteroatoms. The van der Waals surface area contributed by atoms with Gasteiger partial charge in [-0.3, -0.25) is 9.69 Å². The zero-order valence-electron chi connectivity index (χ0n) is 20.0. The van der Waals surface area contributed by atoms with E-state index in [9.17, 15) is 9.90 Å². The van der Waals surface area contributed by atoms with Crippen molar-refractivity contribution in [2.75, 3.05) is 34.0 Å². The molecular formula is C26H27N3O6S. The highest BCUT2D eigenvalue weighted by molar-refractivity contribution is 7.17. The highest BCUT2D eigenvalue weighted by atomic mass is 32.1. The van der Waals surface area contributed by atoms with Gasteiger partial charge in [0.2, 0.25) is 0 Å². The molecule has 36 heavy (non-hydrogen) atoms. The number of aromatic nitrogens is 2. The maximum absolute atomic E-state index is 13.2. The highest BCUT2D eigenvalue weighted by Gasteiger charge is 2.19. The Balaban J connectivity index is 1.59. The van der Waals surface area contributed by atoms with Crippen molar-refractivity contribution < 1.29 is 23.7 Å². The number of nitrogens with one attached hydrogen (secondary N) is 1. The van der Waals surface area contributed by atoms with Gasteiger partial charge in [0.25, 0.3) is 5.56 Å². The number of aromatic amines is 1. The average Bonchev–Trinajstić information content (AvgIpc) is 3.54. The lowest BCUT2D eigenvalue weighted by atomic mass is 10.1. The first-order chi connectivity index (χ1) is 17.5. The molecule has 0 saturated carbocycles. The summed E-state index contributed by atoms with van der Waals surface area (Å²) < 4.78 is 21.5. The van der Waals surface area contributed by atoms with Crippen molar-refractivity contribution >= 4 is 21.6 Å². The number of terminal acetylenes is 1. The number of methoxy groups -OCH3 is 2. The fourth-order valence-electron chi connectivity index (χ4n) is 3.91. The fraction of sp³-hybridized carbons (Fsp3) is 0.308. The van der Waals surface area contributed by atoms with Crippen LogP contribution in [0.15, 0.2) is 51.2 Å². The van der Waals surface area contributed by atoms with Crippen LogP contribution in [0.25, 0.3) is 21.3 Å². The van der Waals surface area contributed by atoms with E-state index in [1.165, 1.54) is 11.3 Å². The molecule has 188 valence electrons. The van der Waals surface area contributed by atoms with Gasteiger partial charge in [0.1, 0.15) is 23.0 Å². The Morgan fingerprint density at radius 3 is 2.81 bits per heavy atom. The van der Waals surface area contributed by atoms with Gasteiger partial charge in [0, 0.05) is 17.5 Å². The Morgan fingerprint density at radius 1 is 1.25 bits per heavy atom. The SMILES string of the molecule is C#CCOCC(O)CN(Cc1nc2scc(-c3ccc(OC)c(OC)c3)c2c(=O)[nH]1)Cc1ccco1. The maximum Gasteiger partial charge on any atom is 0.260 e. The molecule has 0 fully saturated rings. The van der Waals surface area contributed by atoms with Crippen LogP contribution in [0.5, 0.6) is 11.5 Å². The van der Waals surface area contributed by atoms with E-state index in [-0.39, 0.29) is 25.3 Å². The molecule has 3 aromatic heterocycles. The zero-order valence-corrected chi connectivity index (χ0v) is 20.8. The lowest BCUT2D eigenvalue weighted by Gasteiger charge is -2.23. The number of nitrogens with zero attached hydrogens (tertiary/aromatic N) is 2. The number of benzene rings is 1. The molecule has 0 saturated heterocycles. The Morgan fingerprint density at radius 2 is 2.08 bits per heavy atom. The topological polar surface area (TPSA) is 110 Å². The van der Waals surface area contributed by atoms with Crippen molar-refractivity contribution in [3.8, 4) is 35.0 Å². The van der Waals surface area contributed by atoms with E-state index in [0.717, 1.165) is 16.9 Å². The third kappa shape index (κ3) is 5.95. The Bertz CT molecular complexity index is 1390. The second-order valence-electron chi connectivity index (χ2n) is 8.03. The van der Waals surface area contributed by atoms with E-state index in [2.05, 4.69) is 10.9 Å². The lowest BCUT2D eigenvalue weighted by molar-refractivity contribution is 0.0225. The average molecular weight is 510 g/mol. The van der Waals surface area contributed by atoms with Crippen molar-refractivity contribution in [1.29, 1.82) is 0 Å². The largest absolute Gasteiger partial charge is 0.493 e. The van der Waals surface area contributed by atoms with Crippen LogP contribution in [0.4, 0.5) is 0 Å². The molecule has 0 aliphatic heterocycles. The van der Waals surface area contributed by atoms with Crippen molar-refractivity contribution in [1.82, 2.24) is 14.9 Å². The van der Waals surface area contributed by atoms with Gasteiger partial charge in [0.15, 0.2) is 11.5 Å². The summed E-state index contributed by atoms with van der Waals surface area (Å²) in [7, 11) is 3.15. The number of aliphatic hydroxyl groups is 1. The molecule has 0 aliphatic rings. The summed E-state index contributed by atoms with van der Waals surface area (Å²) in [6.45, 7) is 1.21. The molecule has 0 aliphatic carbocycles. The number of hydrogen-bond acceptors (Lipinski definition) is 9. The van der Waals surface area contributed by atoms with Crippen LogP contribution in [0.3, 0.4) is 0 Å². The minimum atomic E-state index is -0.776.